The first-order valence-corrected chi connectivity index (χ1v) is 10.7. The topological polar surface area (TPSA) is 99.4 Å². The van der Waals surface area contributed by atoms with Crippen LogP contribution in [-0.2, 0) is 17.6 Å². The van der Waals surface area contributed by atoms with E-state index in [1.165, 1.54) is 11.0 Å². The summed E-state index contributed by atoms with van der Waals surface area (Å²) in [5.41, 5.74) is 9.69. The monoisotopic (exact) mass is 437 g/mol. The highest BCUT2D eigenvalue weighted by Gasteiger charge is 2.34. The van der Waals surface area contributed by atoms with Crippen LogP contribution in [0.3, 0.4) is 0 Å². The molecule has 1 aliphatic rings. The van der Waals surface area contributed by atoms with E-state index >= 15 is 4.39 Å². The summed E-state index contributed by atoms with van der Waals surface area (Å²) in [6.45, 7) is 5.44. The molecule has 2 amide bonds. The molecule has 1 heterocycles. The Morgan fingerprint density at radius 3 is 2.72 bits per heavy atom. The number of amides is 2. The highest BCUT2D eigenvalue weighted by Crippen LogP contribution is 2.43. The van der Waals surface area contributed by atoms with Crippen molar-refractivity contribution in [3.8, 4) is 11.1 Å². The van der Waals surface area contributed by atoms with Crippen molar-refractivity contribution in [3.63, 3.8) is 0 Å². The number of nitrogens with one attached hydrogen (secondary N) is 1. The standard InChI is InChI=1S/C25H28FN3O3/c1-13-15(6-5-7-20(13)29(4)12-30)21-18(26)11-17(24(27)31)23-22(21)16-9-8-14(25(2,3)32)10-19(16)28-23/h5-7,11-12,14,28,32H,8-10H2,1-4H3,(H2,27,31). The summed E-state index contributed by atoms with van der Waals surface area (Å²) in [7, 11) is 1.65. The molecule has 0 spiro atoms. The van der Waals surface area contributed by atoms with E-state index in [-0.39, 0.29) is 11.5 Å². The zero-order valence-corrected chi connectivity index (χ0v) is 18.8. The first-order valence-electron chi connectivity index (χ1n) is 10.7. The number of carbonyl (C=O) groups excluding carboxylic acids is 2. The molecule has 2 aromatic carbocycles. The number of aromatic amines is 1. The molecule has 32 heavy (non-hydrogen) atoms. The summed E-state index contributed by atoms with van der Waals surface area (Å²) in [6.07, 6.45) is 2.70. The van der Waals surface area contributed by atoms with Crippen molar-refractivity contribution in [2.24, 2.45) is 11.7 Å². The number of carbonyl (C=O) groups is 2. The number of nitrogens with two attached hydrogens (primary N) is 1. The molecule has 6 nitrogen and oxygen atoms in total. The Morgan fingerprint density at radius 1 is 1.38 bits per heavy atom. The van der Waals surface area contributed by atoms with Crippen LogP contribution in [0.25, 0.3) is 22.0 Å². The number of fused-ring (bicyclic) bond motifs is 3. The lowest BCUT2D eigenvalue weighted by atomic mass is 9.77. The van der Waals surface area contributed by atoms with E-state index < -0.39 is 17.3 Å². The van der Waals surface area contributed by atoms with Gasteiger partial charge < -0.3 is 20.7 Å². The van der Waals surface area contributed by atoms with E-state index in [9.17, 15) is 14.7 Å². The fourth-order valence-electron chi connectivity index (χ4n) is 4.97. The molecule has 1 unspecified atom stereocenters. The number of hydrogen-bond donors (Lipinski definition) is 3. The van der Waals surface area contributed by atoms with Crippen LogP contribution in [0, 0.1) is 18.7 Å². The van der Waals surface area contributed by atoms with Crippen LogP contribution in [-0.4, -0.2) is 35.1 Å². The average Bonchev–Trinajstić information content (AvgIpc) is 3.11. The highest BCUT2D eigenvalue weighted by molar-refractivity contribution is 6.11. The number of aryl methyl sites for hydroxylation is 1. The quantitative estimate of drug-likeness (QED) is 0.529. The Morgan fingerprint density at radius 2 is 2.09 bits per heavy atom. The number of hydrogen-bond acceptors (Lipinski definition) is 3. The maximum atomic E-state index is 15.6. The Labute approximate surface area is 186 Å². The Balaban J connectivity index is 2.03. The number of H-pyrrole nitrogens is 1. The van der Waals surface area contributed by atoms with Gasteiger partial charge in [0.25, 0.3) is 5.91 Å². The maximum absolute atomic E-state index is 15.6. The number of benzene rings is 2. The average molecular weight is 438 g/mol. The summed E-state index contributed by atoms with van der Waals surface area (Å²) < 4.78 is 15.6. The maximum Gasteiger partial charge on any atom is 0.250 e. The molecule has 0 bridgehead atoms. The van der Waals surface area contributed by atoms with Gasteiger partial charge in [0, 0.05) is 29.4 Å². The molecule has 0 fully saturated rings. The van der Waals surface area contributed by atoms with Crippen LogP contribution in [0.15, 0.2) is 24.3 Å². The number of rotatable bonds is 5. The van der Waals surface area contributed by atoms with Gasteiger partial charge in [0.15, 0.2) is 0 Å². The summed E-state index contributed by atoms with van der Waals surface area (Å²) >= 11 is 0. The third-order valence-electron chi connectivity index (χ3n) is 6.79. The van der Waals surface area contributed by atoms with Crippen LogP contribution in [0.2, 0.25) is 0 Å². The van der Waals surface area contributed by atoms with Crippen LogP contribution in [0.4, 0.5) is 10.1 Å². The summed E-state index contributed by atoms with van der Waals surface area (Å²) in [5, 5.41) is 11.2. The third kappa shape index (κ3) is 3.46. The van der Waals surface area contributed by atoms with Gasteiger partial charge in [-0.1, -0.05) is 12.1 Å². The molecule has 4 N–H and O–H groups in total. The van der Waals surface area contributed by atoms with Gasteiger partial charge in [0.1, 0.15) is 5.82 Å². The predicted octanol–water partition coefficient (Wildman–Crippen LogP) is 3.85. The number of aliphatic hydroxyl groups is 1. The fourth-order valence-corrected chi connectivity index (χ4v) is 4.97. The molecular formula is C25H28FN3O3. The molecule has 1 aromatic heterocycles. The second kappa shape index (κ2) is 7.74. The lowest BCUT2D eigenvalue weighted by molar-refractivity contribution is -0.107. The van der Waals surface area contributed by atoms with E-state index in [0.29, 0.717) is 47.0 Å². The van der Waals surface area contributed by atoms with Gasteiger partial charge in [0.2, 0.25) is 6.41 Å². The number of halogens is 1. The van der Waals surface area contributed by atoms with Crippen LogP contribution >= 0.6 is 0 Å². The van der Waals surface area contributed by atoms with E-state index in [1.807, 2.05) is 13.0 Å². The third-order valence-corrected chi connectivity index (χ3v) is 6.79. The fraction of sp³-hybridized carbons (Fsp3) is 0.360. The molecule has 168 valence electrons. The largest absolute Gasteiger partial charge is 0.390 e. The van der Waals surface area contributed by atoms with Gasteiger partial charge in [-0.05, 0) is 74.8 Å². The van der Waals surface area contributed by atoms with Gasteiger partial charge in [0.05, 0.1) is 16.7 Å². The molecule has 4 rings (SSSR count). The van der Waals surface area contributed by atoms with Crippen LogP contribution in [0.5, 0.6) is 0 Å². The van der Waals surface area contributed by atoms with Crippen molar-refractivity contribution < 1.29 is 19.1 Å². The van der Waals surface area contributed by atoms with Crippen molar-refractivity contribution in [3.05, 3.63) is 52.5 Å². The normalized spacial score (nSPS) is 16.1. The van der Waals surface area contributed by atoms with Gasteiger partial charge >= 0.3 is 0 Å². The summed E-state index contributed by atoms with van der Waals surface area (Å²) in [5.74, 6) is -1.20. The molecular weight excluding hydrogens is 409 g/mol. The predicted molar refractivity (Wildman–Crippen MR) is 123 cm³/mol. The Bertz CT molecular complexity index is 1240. The van der Waals surface area contributed by atoms with Crippen molar-refractivity contribution in [1.82, 2.24) is 4.98 Å². The molecule has 0 saturated carbocycles. The number of aromatic nitrogens is 1. The van der Waals surface area contributed by atoms with Gasteiger partial charge in [-0.2, -0.15) is 0 Å². The SMILES string of the molecule is Cc1c(-c2c(F)cc(C(N)=O)c3[nH]c4c(c23)CCC(C(C)(C)O)C4)cccc1N(C)C=O. The lowest BCUT2D eigenvalue weighted by Crippen LogP contribution is -2.34. The van der Waals surface area contributed by atoms with E-state index in [1.54, 1.807) is 33.0 Å². The number of anilines is 1. The van der Waals surface area contributed by atoms with Gasteiger partial charge in [-0.15, -0.1) is 0 Å². The molecule has 0 saturated heterocycles. The highest BCUT2D eigenvalue weighted by atomic mass is 19.1. The van der Waals surface area contributed by atoms with E-state index in [2.05, 4.69) is 4.98 Å². The number of primary amides is 1. The van der Waals surface area contributed by atoms with Crippen LogP contribution in [0.1, 0.15) is 47.4 Å². The molecule has 0 radical (unpaired) electrons. The van der Waals surface area contributed by atoms with Crippen LogP contribution < -0.4 is 10.6 Å². The van der Waals surface area contributed by atoms with Gasteiger partial charge in [-0.25, -0.2) is 4.39 Å². The van der Waals surface area contributed by atoms with Crippen molar-refractivity contribution in [1.29, 1.82) is 0 Å². The van der Waals surface area contributed by atoms with E-state index in [4.69, 9.17) is 5.73 Å². The first kappa shape index (κ1) is 22.0. The second-order valence-electron chi connectivity index (χ2n) is 9.24. The minimum atomic E-state index is -0.847. The van der Waals surface area contributed by atoms with E-state index in [0.717, 1.165) is 23.2 Å². The number of nitrogens with zero attached hydrogens (tertiary/aromatic N) is 1. The zero-order valence-electron chi connectivity index (χ0n) is 18.8. The molecule has 1 atom stereocenters. The minimum absolute atomic E-state index is 0.0414. The lowest BCUT2D eigenvalue weighted by Gasteiger charge is -2.32. The molecule has 3 aromatic rings. The van der Waals surface area contributed by atoms with Crippen molar-refractivity contribution in [2.75, 3.05) is 11.9 Å². The molecule has 0 aliphatic heterocycles. The van der Waals surface area contributed by atoms with Crippen molar-refractivity contribution >= 4 is 28.9 Å². The first-order chi connectivity index (χ1) is 15.0. The summed E-state index contributed by atoms with van der Waals surface area (Å²) in [6, 6.07) is 6.60. The minimum Gasteiger partial charge on any atom is -0.390 e. The summed E-state index contributed by atoms with van der Waals surface area (Å²) in [4.78, 5) is 28.3. The smallest absolute Gasteiger partial charge is 0.250 e. The zero-order chi connectivity index (χ0) is 23.4. The van der Waals surface area contributed by atoms with Crippen molar-refractivity contribution in [2.45, 2.75) is 45.6 Å². The molecule has 7 heteroatoms. The Hall–Kier alpha value is -3.19. The molecule has 1 aliphatic carbocycles. The Kier molecular flexibility index (Phi) is 5.33. The second-order valence-corrected chi connectivity index (χ2v) is 9.24. The van der Waals surface area contributed by atoms with Gasteiger partial charge in [-0.3, -0.25) is 9.59 Å².